The van der Waals surface area contributed by atoms with Crippen molar-refractivity contribution in [3.05, 3.63) is 81.1 Å². The van der Waals surface area contributed by atoms with Gasteiger partial charge in [-0.25, -0.2) is 4.79 Å². The van der Waals surface area contributed by atoms with Crippen LogP contribution < -0.4 is 14.8 Å². The molecule has 0 aromatic heterocycles. The number of Topliss-reactive ketones (excluding diaryl/α,β-unsaturated/α-hetero) is 1. The van der Waals surface area contributed by atoms with Gasteiger partial charge in [0.05, 0.1) is 32.3 Å². The van der Waals surface area contributed by atoms with Gasteiger partial charge in [-0.2, -0.15) is 0 Å². The number of esters is 1. The lowest BCUT2D eigenvalue weighted by Gasteiger charge is -2.40. The number of fused-ring (bicyclic) bond motifs is 1. The molecule has 0 bridgehead atoms. The molecule has 3 atom stereocenters. The number of rotatable bonds is 7. The molecule has 6 nitrogen and oxygen atoms in total. The van der Waals surface area contributed by atoms with Crippen LogP contribution in [0.1, 0.15) is 50.2 Å². The van der Waals surface area contributed by atoms with E-state index in [1.165, 1.54) is 0 Å². The van der Waals surface area contributed by atoms with Gasteiger partial charge >= 0.3 is 5.97 Å². The van der Waals surface area contributed by atoms with Crippen molar-refractivity contribution in [1.82, 2.24) is 5.32 Å². The predicted octanol–water partition coefficient (Wildman–Crippen LogP) is 5.88. The first-order valence-corrected chi connectivity index (χ1v) is 12.9. The first-order chi connectivity index (χ1) is 17.2. The molecule has 1 aliphatic heterocycles. The maximum absolute atomic E-state index is 13.8. The van der Waals surface area contributed by atoms with E-state index in [9.17, 15) is 9.59 Å². The van der Waals surface area contributed by atoms with Crippen LogP contribution in [0, 0.1) is 11.8 Å². The van der Waals surface area contributed by atoms with E-state index < -0.39 is 17.8 Å². The molecule has 36 heavy (non-hydrogen) atoms. The number of hydrogen-bond acceptors (Lipinski definition) is 6. The highest BCUT2D eigenvalue weighted by molar-refractivity contribution is 9.10. The molecule has 0 spiro atoms. The van der Waals surface area contributed by atoms with Crippen LogP contribution in [0.3, 0.4) is 0 Å². The van der Waals surface area contributed by atoms with Crippen LogP contribution >= 0.6 is 15.9 Å². The Balaban J connectivity index is 1.87. The Morgan fingerprint density at radius 1 is 1.08 bits per heavy atom. The minimum absolute atomic E-state index is 0.0332. The number of carbonyl (C=O) groups is 2. The molecule has 2 aromatic carbocycles. The van der Waals surface area contributed by atoms with Crippen molar-refractivity contribution in [3.63, 3.8) is 0 Å². The summed E-state index contributed by atoms with van der Waals surface area (Å²) in [6, 6.07) is 13.7. The average molecular weight is 554 g/mol. The molecular weight excluding hydrogens is 522 g/mol. The monoisotopic (exact) mass is 553 g/mol. The smallest absolute Gasteiger partial charge is 0.336 e. The summed E-state index contributed by atoms with van der Waals surface area (Å²) in [5, 5.41) is 3.39. The van der Waals surface area contributed by atoms with Crippen LogP contribution in [0.15, 0.2) is 70.0 Å². The Morgan fingerprint density at radius 3 is 2.39 bits per heavy atom. The minimum Gasteiger partial charge on any atom is -0.493 e. The fraction of sp³-hybridized carbons (Fsp3) is 0.379. The van der Waals surface area contributed by atoms with Gasteiger partial charge in [0.15, 0.2) is 11.5 Å². The van der Waals surface area contributed by atoms with Crippen molar-refractivity contribution >= 4 is 27.7 Å². The Kier molecular flexibility index (Phi) is 7.88. The zero-order valence-corrected chi connectivity index (χ0v) is 22.8. The molecule has 7 heteroatoms. The molecule has 190 valence electrons. The highest BCUT2D eigenvalue weighted by atomic mass is 79.9. The molecule has 0 saturated carbocycles. The molecule has 3 unspecified atom stereocenters. The lowest BCUT2D eigenvalue weighted by Crippen LogP contribution is -2.42. The van der Waals surface area contributed by atoms with Crippen molar-refractivity contribution in [2.75, 3.05) is 20.8 Å². The number of halogens is 1. The summed E-state index contributed by atoms with van der Waals surface area (Å²) in [5.41, 5.74) is 3.81. The molecule has 0 radical (unpaired) electrons. The Labute approximate surface area is 220 Å². The lowest BCUT2D eigenvalue weighted by atomic mass is 9.68. The van der Waals surface area contributed by atoms with Gasteiger partial charge in [0, 0.05) is 34.1 Å². The highest BCUT2D eigenvalue weighted by Crippen LogP contribution is 2.49. The van der Waals surface area contributed by atoms with Gasteiger partial charge in [0.2, 0.25) is 0 Å². The molecule has 1 N–H and O–H groups in total. The molecule has 1 aliphatic carbocycles. The van der Waals surface area contributed by atoms with Crippen LogP contribution in [0.5, 0.6) is 11.5 Å². The summed E-state index contributed by atoms with van der Waals surface area (Å²) in [6.07, 6.45) is 2.48. The Morgan fingerprint density at radius 2 is 1.75 bits per heavy atom. The second-order valence-electron chi connectivity index (χ2n) is 9.65. The largest absolute Gasteiger partial charge is 0.493 e. The SMILES string of the molecule is COc1cc(Br)c(C2C(C(=O)OCC(C)C)=C(C)NC3=CC(c4ccccc4)CC(=O)C32)cc1OC. The van der Waals surface area contributed by atoms with Crippen molar-refractivity contribution in [3.8, 4) is 11.5 Å². The average Bonchev–Trinajstić information content (AvgIpc) is 2.86. The van der Waals surface area contributed by atoms with Crippen molar-refractivity contribution in [2.45, 2.75) is 39.0 Å². The molecular formula is C29H32BrNO5. The van der Waals surface area contributed by atoms with E-state index in [0.717, 1.165) is 21.3 Å². The topological polar surface area (TPSA) is 73.9 Å². The minimum atomic E-state index is -0.551. The number of ether oxygens (including phenoxy) is 3. The number of carbonyl (C=O) groups excluding carboxylic acids is 2. The molecule has 4 rings (SSSR count). The van der Waals surface area contributed by atoms with Gasteiger partial charge in [-0.1, -0.05) is 66.2 Å². The summed E-state index contributed by atoms with van der Waals surface area (Å²) in [4.78, 5) is 27.2. The van der Waals surface area contributed by atoms with Crippen molar-refractivity contribution in [1.29, 1.82) is 0 Å². The Bertz CT molecular complexity index is 1220. The molecule has 2 aromatic rings. The quantitative estimate of drug-likeness (QED) is 0.431. The number of benzene rings is 2. The van der Waals surface area contributed by atoms with E-state index in [1.54, 1.807) is 14.2 Å². The number of allylic oxidation sites excluding steroid dienone is 3. The first kappa shape index (κ1) is 26.0. The fourth-order valence-corrected chi connectivity index (χ4v) is 5.59. The van der Waals surface area contributed by atoms with Gasteiger partial charge in [-0.05, 0) is 36.1 Å². The fourth-order valence-electron chi connectivity index (χ4n) is 5.02. The Hall–Kier alpha value is -3.06. The van der Waals surface area contributed by atoms with Crippen LogP contribution in [0.25, 0.3) is 0 Å². The normalized spacial score (nSPS) is 21.5. The van der Waals surface area contributed by atoms with Crippen LogP contribution in [-0.2, 0) is 14.3 Å². The third-order valence-electron chi connectivity index (χ3n) is 6.70. The van der Waals surface area contributed by atoms with E-state index in [0.29, 0.717) is 35.8 Å². The van der Waals surface area contributed by atoms with Crippen LogP contribution in [0.4, 0.5) is 0 Å². The van der Waals surface area contributed by atoms with E-state index in [4.69, 9.17) is 14.2 Å². The van der Waals surface area contributed by atoms with Gasteiger partial charge in [-0.3, -0.25) is 4.79 Å². The van der Waals surface area contributed by atoms with E-state index in [1.807, 2.05) is 63.2 Å². The molecule has 1 heterocycles. The van der Waals surface area contributed by atoms with Crippen molar-refractivity contribution < 1.29 is 23.8 Å². The van der Waals surface area contributed by atoms with E-state index >= 15 is 0 Å². The number of nitrogens with one attached hydrogen (secondary N) is 1. The van der Waals surface area contributed by atoms with Gasteiger partial charge in [-0.15, -0.1) is 0 Å². The predicted molar refractivity (Wildman–Crippen MR) is 142 cm³/mol. The highest BCUT2D eigenvalue weighted by Gasteiger charge is 2.46. The maximum atomic E-state index is 13.8. The van der Waals surface area contributed by atoms with E-state index in [2.05, 4.69) is 27.3 Å². The second kappa shape index (κ2) is 10.9. The molecule has 0 fully saturated rings. The van der Waals surface area contributed by atoms with E-state index in [-0.39, 0.29) is 17.6 Å². The third kappa shape index (κ3) is 5.07. The summed E-state index contributed by atoms with van der Waals surface area (Å²) in [6.45, 7) is 6.14. The number of ketones is 1. The lowest BCUT2D eigenvalue weighted by molar-refractivity contribution is -0.140. The third-order valence-corrected chi connectivity index (χ3v) is 7.38. The van der Waals surface area contributed by atoms with Crippen LogP contribution in [-0.4, -0.2) is 32.6 Å². The van der Waals surface area contributed by atoms with Crippen LogP contribution in [0.2, 0.25) is 0 Å². The molecule has 0 saturated heterocycles. The summed E-state index contributed by atoms with van der Waals surface area (Å²) in [5.74, 6) is -0.204. The van der Waals surface area contributed by atoms with Gasteiger partial charge in [0.1, 0.15) is 5.78 Å². The molecule has 2 aliphatic rings. The summed E-state index contributed by atoms with van der Waals surface area (Å²) in [7, 11) is 3.14. The second-order valence-corrected chi connectivity index (χ2v) is 10.5. The van der Waals surface area contributed by atoms with Crippen molar-refractivity contribution in [2.24, 2.45) is 11.8 Å². The summed E-state index contributed by atoms with van der Waals surface area (Å²) < 4.78 is 17.4. The summed E-state index contributed by atoms with van der Waals surface area (Å²) >= 11 is 3.67. The maximum Gasteiger partial charge on any atom is 0.336 e. The first-order valence-electron chi connectivity index (χ1n) is 12.1. The zero-order chi connectivity index (χ0) is 26.0. The number of methoxy groups -OCH3 is 2. The molecule has 0 amide bonds. The number of hydrogen-bond donors (Lipinski definition) is 1. The van der Waals surface area contributed by atoms with Gasteiger partial charge in [0.25, 0.3) is 0 Å². The van der Waals surface area contributed by atoms with Gasteiger partial charge < -0.3 is 19.5 Å². The zero-order valence-electron chi connectivity index (χ0n) is 21.3. The standard InChI is InChI=1S/C29H32BrNO5/c1-16(2)15-36-29(33)26-17(3)31-22-11-19(18-9-7-6-8-10-18)12-23(32)28(22)27(26)20-13-24(34-4)25(35-5)14-21(20)30/h6-11,13-14,16,19,27-28,31H,12,15H2,1-5H3.